The van der Waals surface area contributed by atoms with Crippen molar-refractivity contribution in [2.45, 2.75) is 13.0 Å². The molecule has 9 heteroatoms. The Kier molecular flexibility index (Phi) is 6.45. The number of hydrogen-bond acceptors (Lipinski definition) is 4. The summed E-state index contributed by atoms with van der Waals surface area (Å²) in [6, 6.07) is 9.64. The van der Waals surface area contributed by atoms with Gasteiger partial charge >= 0.3 is 6.09 Å². The van der Waals surface area contributed by atoms with Gasteiger partial charge in [0.25, 0.3) is 5.91 Å². The van der Waals surface area contributed by atoms with Crippen LogP contribution >= 0.6 is 0 Å². The summed E-state index contributed by atoms with van der Waals surface area (Å²) >= 11 is 0. The summed E-state index contributed by atoms with van der Waals surface area (Å²) in [5.74, 6) is -2.31. The topological polar surface area (TPSA) is 133 Å². The van der Waals surface area contributed by atoms with Crippen LogP contribution in [0.4, 0.5) is 20.6 Å². The third-order valence-electron chi connectivity index (χ3n) is 3.74. The van der Waals surface area contributed by atoms with Crippen molar-refractivity contribution < 1.29 is 29.0 Å². The van der Waals surface area contributed by atoms with E-state index in [1.807, 2.05) is 0 Å². The molecule has 0 heterocycles. The van der Waals surface area contributed by atoms with Gasteiger partial charge < -0.3 is 21.3 Å². The second-order valence-corrected chi connectivity index (χ2v) is 5.62. The number of carbonyl (C=O) groups is 3. The van der Waals surface area contributed by atoms with Crippen LogP contribution in [0, 0.1) is 5.82 Å². The van der Waals surface area contributed by atoms with Gasteiger partial charge in [-0.3, -0.25) is 14.5 Å². The van der Waals surface area contributed by atoms with Gasteiger partial charge in [0.05, 0.1) is 12.2 Å². The number of primary amides is 1. The second-order valence-electron chi connectivity index (χ2n) is 5.62. The van der Waals surface area contributed by atoms with Crippen LogP contribution in [0.1, 0.15) is 22.3 Å². The molecule has 0 bridgehead atoms. The van der Waals surface area contributed by atoms with Crippen molar-refractivity contribution in [2.24, 2.45) is 5.73 Å². The highest BCUT2D eigenvalue weighted by atomic mass is 19.1. The third-order valence-corrected chi connectivity index (χ3v) is 3.74. The van der Waals surface area contributed by atoms with Crippen LogP contribution in [0.2, 0.25) is 0 Å². The van der Waals surface area contributed by atoms with Crippen LogP contribution in [0.15, 0.2) is 42.5 Å². The maximum Gasteiger partial charge on any atom is 0.411 e. The fourth-order valence-electron chi connectivity index (χ4n) is 2.35. The van der Waals surface area contributed by atoms with E-state index in [-0.39, 0.29) is 30.8 Å². The minimum atomic E-state index is -1.24. The second kappa shape index (κ2) is 8.77. The smallest absolute Gasteiger partial charge is 0.411 e. The quantitative estimate of drug-likeness (QED) is 0.587. The Balaban J connectivity index is 2.00. The van der Waals surface area contributed by atoms with E-state index in [9.17, 15) is 23.9 Å². The molecule has 2 aromatic rings. The van der Waals surface area contributed by atoms with E-state index in [0.717, 1.165) is 17.0 Å². The van der Waals surface area contributed by atoms with Crippen LogP contribution in [0.3, 0.4) is 0 Å². The Hall–Kier alpha value is -3.46. The Labute approximate surface area is 154 Å². The molecule has 0 unspecified atom stereocenters. The average Bonchev–Trinajstić information content (AvgIpc) is 2.62. The molecule has 27 heavy (non-hydrogen) atoms. The van der Waals surface area contributed by atoms with Crippen molar-refractivity contribution >= 4 is 29.3 Å². The van der Waals surface area contributed by atoms with Crippen molar-refractivity contribution in [1.82, 2.24) is 0 Å². The first kappa shape index (κ1) is 19.9. The van der Waals surface area contributed by atoms with E-state index in [1.54, 1.807) is 12.1 Å². The summed E-state index contributed by atoms with van der Waals surface area (Å²) < 4.78 is 13.7. The van der Waals surface area contributed by atoms with Gasteiger partial charge in [0.15, 0.2) is 0 Å². The largest absolute Gasteiger partial charge is 0.465 e. The number of hydrogen-bond donors (Lipinski definition) is 4. The normalized spacial score (nSPS) is 10.3. The monoisotopic (exact) mass is 375 g/mol. The number of nitrogens with one attached hydrogen (secondary N) is 1. The number of halogens is 1. The fraction of sp³-hybridized carbons (Fsp3) is 0.167. The molecule has 0 saturated carbocycles. The molecule has 2 aromatic carbocycles. The number of carbonyl (C=O) groups excluding carboxylic acids is 2. The van der Waals surface area contributed by atoms with Crippen molar-refractivity contribution in [3.05, 3.63) is 59.4 Å². The van der Waals surface area contributed by atoms with E-state index in [4.69, 9.17) is 10.8 Å². The van der Waals surface area contributed by atoms with Gasteiger partial charge in [-0.1, -0.05) is 12.1 Å². The Morgan fingerprint density at radius 3 is 2.30 bits per heavy atom. The summed E-state index contributed by atoms with van der Waals surface area (Å²) in [4.78, 5) is 35.4. The standard InChI is InChI=1S/C18H18FN3O5/c19-15-9-12(3-6-14(15)17(20)25)21-16(24)7-8-22(18(26)27)13-4-1-11(10-23)2-5-13/h1-6,9,23H,7-8,10H2,(H2,20,25)(H,21,24)(H,26,27). The van der Waals surface area contributed by atoms with Gasteiger partial charge in [0, 0.05) is 24.3 Å². The Morgan fingerprint density at radius 1 is 1.11 bits per heavy atom. The zero-order valence-electron chi connectivity index (χ0n) is 14.2. The SMILES string of the molecule is NC(=O)c1ccc(NC(=O)CCN(C(=O)O)c2ccc(CO)cc2)cc1F. The highest BCUT2D eigenvalue weighted by molar-refractivity contribution is 5.95. The molecule has 0 radical (unpaired) electrons. The van der Waals surface area contributed by atoms with Crippen LogP contribution < -0.4 is 16.0 Å². The van der Waals surface area contributed by atoms with Crippen molar-refractivity contribution in [1.29, 1.82) is 0 Å². The summed E-state index contributed by atoms with van der Waals surface area (Å²) in [6.07, 6.45) is -1.41. The lowest BCUT2D eigenvalue weighted by Gasteiger charge is -2.19. The van der Waals surface area contributed by atoms with Crippen molar-refractivity contribution in [3.8, 4) is 0 Å². The molecular weight excluding hydrogens is 357 g/mol. The van der Waals surface area contributed by atoms with Crippen LogP contribution in [-0.2, 0) is 11.4 Å². The minimum Gasteiger partial charge on any atom is -0.465 e. The van der Waals surface area contributed by atoms with E-state index in [2.05, 4.69) is 5.32 Å². The van der Waals surface area contributed by atoms with E-state index in [1.165, 1.54) is 18.2 Å². The lowest BCUT2D eigenvalue weighted by Crippen LogP contribution is -2.32. The number of nitrogens with two attached hydrogens (primary N) is 1. The first-order valence-corrected chi connectivity index (χ1v) is 7.91. The lowest BCUT2D eigenvalue weighted by molar-refractivity contribution is -0.116. The van der Waals surface area contributed by atoms with E-state index >= 15 is 0 Å². The summed E-state index contributed by atoms with van der Waals surface area (Å²) in [5, 5.41) is 20.8. The fourth-order valence-corrected chi connectivity index (χ4v) is 2.35. The average molecular weight is 375 g/mol. The number of amides is 3. The highest BCUT2D eigenvalue weighted by Crippen LogP contribution is 2.17. The van der Waals surface area contributed by atoms with Gasteiger partial charge in [-0.15, -0.1) is 0 Å². The van der Waals surface area contributed by atoms with Gasteiger partial charge in [-0.2, -0.15) is 0 Å². The molecule has 142 valence electrons. The molecule has 2 rings (SSSR count). The molecule has 0 fully saturated rings. The van der Waals surface area contributed by atoms with Gasteiger partial charge in [0.2, 0.25) is 5.91 Å². The molecule has 0 aliphatic carbocycles. The molecule has 0 saturated heterocycles. The number of rotatable bonds is 7. The summed E-state index contributed by atoms with van der Waals surface area (Å²) in [7, 11) is 0. The zero-order chi connectivity index (χ0) is 20.0. The van der Waals surface area contributed by atoms with Crippen LogP contribution in [0.5, 0.6) is 0 Å². The van der Waals surface area contributed by atoms with Crippen LogP contribution in [-0.4, -0.2) is 34.7 Å². The van der Waals surface area contributed by atoms with Crippen LogP contribution in [0.25, 0.3) is 0 Å². The molecule has 0 aromatic heterocycles. The van der Waals surface area contributed by atoms with Crippen molar-refractivity contribution in [3.63, 3.8) is 0 Å². The van der Waals surface area contributed by atoms with Gasteiger partial charge in [-0.05, 0) is 35.9 Å². The molecule has 0 spiro atoms. The van der Waals surface area contributed by atoms with E-state index in [0.29, 0.717) is 11.3 Å². The molecule has 3 amide bonds. The molecule has 0 aliphatic rings. The van der Waals surface area contributed by atoms with Gasteiger partial charge in [0.1, 0.15) is 5.82 Å². The predicted molar refractivity (Wildman–Crippen MR) is 95.9 cm³/mol. The number of aliphatic hydroxyl groups is 1. The lowest BCUT2D eigenvalue weighted by atomic mass is 10.2. The number of aliphatic hydroxyl groups excluding tert-OH is 1. The molecular formula is C18H18FN3O5. The predicted octanol–water partition coefficient (Wildman–Crippen LogP) is 1.93. The first-order valence-electron chi connectivity index (χ1n) is 7.91. The van der Waals surface area contributed by atoms with Crippen molar-refractivity contribution in [2.75, 3.05) is 16.8 Å². The number of nitrogens with zero attached hydrogens (tertiary/aromatic N) is 1. The minimum absolute atomic E-state index is 0.122. The first-order chi connectivity index (χ1) is 12.8. The van der Waals surface area contributed by atoms with Gasteiger partial charge in [-0.25, -0.2) is 9.18 Å². The molecule has 5 N–H and O–H groups in total. The molecule has 0 aliphatic heterocycles. The number of carboxylic acid groups (broad SMARTS) is 1. The highest BCUT2D eigenvalue weighted by Gasteiger charge is 2.16. The molecule has 8 nitrogen and oxygen atoms in total. The maximum absolute atomic E-state index is 13.7. The van der Waals surface area contributed by atoms with E-state index < -0.39 is 23.7 Å². The zero-order valence-corrected chi connectivity index (χ0v) is 14.2. The molecule has 0 atom stereocenters. The third kappa shape index (κ3) is 5.25. The maximum atomic E-state index is 13.7. The Morgan fingerprint density at radius 2 is 1.78 bits per heavy atom. The summed E-state index contributed by atoms with van der Waals surface area (Å²) in [6.45, 7) is -0.289. The number of anilines is 2. The number of benzene rings is 2. The summed E-state index contributed by atoms with van der Waals surface area (Å²) in [5.41, 5.74) is 5.81. The Bertz CT molecular complexity index is 855.